The normalized spacial score (nSPS) is 19.7. The van der Waals surface area contributed by atoms with E-state index in [1.54, 1.807) is 43.4 Å². The molecule has 1 amide bonds. The zero-order valence-electron chi connectivity index (χ0n) is 14.8. The smallest absolute Gasteiger partial charge is 0.332 e. The van der Waals surface area contributed by atoms with E-state index in [1.807, 2.05) is 18.2 Å². The van der Waals surface area contributed by atoms with Gasteiger partial charge >= 0.3 is 5.97 Å². The molecule has 0 radical (unpaired) electrons. The van der Waals surface area contributed by atoms with E-state index in [2.05, 4.69) is 10.1 Å². The Morgan fingerprint density at radius 1 is 1.23 bits per heavy atom. The Morgan fingerprint density at radius 3 is 2.54 bits per heavy atom. The summed E-state index contributed by atoms with van der Waals surface area (Å²) < 4.78 is 15.3. The highest BCUT2D eigenvalue weighted by molar-refractivity contribution is 6.05. The van der Waals surface area contributed by atoms with Crippen LogP contribution < -0.4 is 15.0 Å². The molecule has 1 N–H and O–H groups in total. The third-order valence-corrected chi connectivity index (χ3v) is 4.20. The molecule has 26 heavy (non-hydrogen) atoms. The van der Waals surface area contributed by atoms with E-state index in [9.17, 15) is 9.59 Å². The molecule has 7 nitrogen and oxygen atoms in total. The Bertz CT molecular complexity index is 811. The van der Waals surface area contributed by atoms with Gasteiger partial charge in [0.2, 0.25) is 0 Å². The molecule has 1 saturated heterocycles. The summed E-state index contributed by atoms with van der Waals surface area (Å²) in [6.45, 7) is 1.71. The number of nitrogens with one attached hydrogen (secondary N) is 1. The van der Waals surface area contributed by atoms with Gasteiger partial charge in [-0.05, 0) is 43.3 Å². The zero-order chi connectivity index (χ0) is 18.7. The number of anilines is 1. The van der Waals surface area contributed by atoms with Gasteiger partial charge < -0.3 is 19.2 Å². The van der Waals surface area contributed by atoms with Gasteiger partial charge in [-0.1, -0.05) is 0 Å². The number of furan rings is 1. The van der Waals surface area contributed by atoms with E-state index >= 15 is 0 Å². The third kappa shape index (κ3) is 3.28. The van der Waals surface area contributed by atoms with Gasteiger partial charge in [-0.2, -0.15) is 0 Å². The van der Waals surface area contributed by atoms with Gasteiger partial charge in [0.1, 0.15) is 23.6 Å². The van der Waals surface area contributed by atoms with E-state index < -0.39 is 12.0 Å². The van der Waals surface area contributed by atoms with Crippen molar-refractivity contribution in [3.05, 3.63) is 60.2 Å². The first-order valence-corrected chi connectivity index (χ1v) is 8.08. The van der Waals surface area contributed by atoms with Crippen molar-refractivity contribution in [1.29, 1.82) is 0 Å². The summed E-state index contributed by atoms with van der Waals surface area (Å²) in [4.78, 5) is 25.8. The second-order valence-electron chi connectivity index (χ2n) is 5.84. The fourth-order valence-electron chi connectivity index (χ4n) is 2.93. The van der Waals surface area contributed by atoms with E-state index in [0.29, 0.717) is 17.2 Å². The number of benzene rings is 1. The standard InChI is InChI=1S/C19H20N2O5/c1-12(11-16(22)25-3)20-17-18(15-5-4-10-26-15)21(19(17)23)13-6-8-14(24-2)9-7-13/h4-11,17-18,20H,1-3H3/b12-11+/t17-,18+/m1/s1. The van der Waals surface area contributed by atoms with Crippen LogP contribution in [-0.4, -0.2) is 32.1 Å². The van der Waals surface area contributed by atoms with E-state index in [-0.39, 0.29) is 11.9 Å². The second kappa shape index (κ2) is 7.35. The fraction of sp³-hybridized carbons (Fsp3) is 0.263. The number of allylic oxidation sites excluding steroid dienone is 1. The Kier molecular flexibility index (Phi) is 4.97. The van der Waals surface area contributed by atoms with Crippen LogP contribution in [0.25, 0.3) is 0 Å². The highest BCUT2D eigenvalue weighted by Gasteiger charge is 2.50. The molecule has 0 aliphatic carbocycles. The minimum Gasteiger partial charge on any atom is -0.497 e. The number of carbonyl (C=O) groups is 2. The minimum atomic E-state index is -0.538. The van der Waals surface area contributed by atoms with Gasteiger partial charge in [0.15, 0.2) is 0 Å². The van der Waals surface area contributed by atoms with Crippen molar-refractivity contribution in [2.24, 2.45) is 0 Å². The van der Waals surface area contributed by atoms with Crippen molar-refractivity contribution in [3.63, 3.8) is 0 Å². The van der Waals surface area contributed by atoms with Gasteiger partial charge in [-0.3, -0.25) is 9.69 Å². The molecule has 0 unspecified atom stereocenters. The van der Waals surface area contributed by atoms with Crippen LogP contribution >= 0.6 is 0 Å². The lowest BCUT2D eigenvalue weighted by atomic mass is 9.91. The molecule has 0 bridgehead atoms. The summed E-state index contributed by atoms with van der Waals surface area (Å²) in [5.41, 5.74) is 1.28. The predicted octanol–water partition coefficient (Wildman–Crippen LogP) is 2.41. The van der Waals surface area contributed by atoms with E-state index in [1.165, 1.54) is 13.2 Å². The topological polar surface area (TPSA) is 81.0 Å². The molecular formula is C19H20N2O5. The molecule has 2 aromatic rings. The summed E-state index contributed by atoms with van der Waals surface area (Å²) in [5, 5.41) is 3.08. The molecule has 1 aliphatic rings. The van der Waals surface area contributed by atoms with Crippen molar-refractivity contribution in [2.45, 2.75) is 19.0 Å². The van der Waals surface area contributed by atoms with Crippen LogP contribution in [0, 0.1) is 0 Å². The van der Waals surface area contributed by atoms with Gasteiger partial charge in [0, 0.05) is 17.5 Å². The Balaban J connectivity index is 1.86. The number of ether oxygens (including phenoxy) is 2. The quantitative estimate of drug-likeness (QED) is 0.486. The Hall–Kier alpha value is -3.22. The number of nitrogens with zero attached hydrogens (tertiary/aromatic N) is 1. The summed E-state index contributed by atoms with van der Waals surface area (Å²) in [5.74, 6) is 0.768. The minimum absolute atomic E-state index is 0.116. The summed E-state index contributed by atoms with van der Waals surface area (Å²) in [6, 6.07) is 9.96. The van der Waals surface area contributed by atoms with Crippen LogP contribution in [-0.2, 0) is 14.3 Å². The first-order chi connectivity index (χ1) is 12.5. The molecule has 7 heteroatoms. The van der Waals surface area contributed by atoms with Gasteiger partial charge in [0.25, 0.3) is 5.91 Å². The summed E-state index contributed by atoms with van der Waals surface area (Å²) in [6.07, 6.45) is 2.88. The maximum absolute atomic E-state index is 12.8. The second-order valence-corrected chi connectivity index (χ2v) is 5.84. The van der Waals surface area contributed by atoms with Crippen molar-refractivity contribution in [2.75, 3.05) is 19.1 Å². The zero-order valence-corrected chi connectivity index (χ0v) is 14.8. The van der Waals surface area contributed by atoms with Crippen molar-refractivity contribution in [3.8, 4) is 5.75 Å². The van der Waals surface area contributed by atoms with Gasteiger partial charge in [0.05, 0.1) is 20.5 Å². The Labute approximate surface area is 151 Å². The van der Waals surface area contributed by atoms with Crippen LogP contribution in [0.3, 0.4) is 0 Å². The lowest BCUT2D eigenvalue weighted by Gasteiger charge is -2.46. The average Bonchev–Trinajstić information content (AvgIpc) is 3.17. The number of esters is 1. The van der Waals surface area contributed by atoms with Crippen LogP contribution in [0.15, 0.2) is 58.9 Å². The third-order valence-electron chi connectivity index (χ3n) is 4.20. The number of hydrogen-bond acceptors (Lipinski definition) is 6. The first kappa shape index (κ1) is 17.6. The highest BCUT2D eigenvalue weighted by atomic mass is 16.5. The Morgan fingerprint density at radius 2 is 1.96 bits per heavy atom. The lowest BCUT2D eigenvalue weighted by Crippen LogP contribution is -2.64. The molecular weight excluding hydrogens is 336 g/mol. The van der Waals surface area contributed by atoms with Gasteiger partial charge in [-0.15, -0.1) is 0 Å². The maximum atomic E-state index is 12.8. The number of hydrogen-bond donors (Lipinski definition) is 1. The van der Waals surface area contributed by atoms with Crippen molar-refractivity contribution in [1.82, 2.24) is 5.32 Å². The molecule has 136 valence electrons. The van der Waals surface area contributed by atoms with Crippen LogP contribution in [0.1, 0.15) is 18.7 Å². The predicted molar refractivity (Wildman–Crippen MR) is 94.6 cm³/mol. The molecule has 1 aliphatic heterocycles. The molecule has 2 heterocycles. The molecule has 0 saturated carbocycles. The van der Waals surface area contributed by atoms with Crippen LogP contribution in [0.2, 0.25) is 0 Å². The van der Waals surface area contributed by atoms with E-state index in [4.69, 9.17) is 9.15 Å². The summed E-state index contributed by atoms with van der Waals surface area (Å²) in [7, 11) is 2.89. The maximum Gasteiger partial charge on any atom is 0.332 e. The molecule has 1 aromatic heterocycles. The fourth-order valence-corrected chi connectivity index (χ4v) is 2.93. The number of β-lactam (4-membered cyclic amide) rings is 1. The summed E-state index contributed by atoms with van der Waals surface area (Å²) >= 11 is 0. The largest absolute Gasteiger partial charge is 0.497 e. The number of rotatable bonds is 6. The van der Waals surface area contributed by atoms with Crippen molar-refractivity contribution < 1.29 is 23.5 Å². The van der Waals surface area contributed by atoms with Crippen molar-refractivity contribution >= 4 is 17.6 Å². The SMILES string of the molecule is COC(=O)/C=C(\C)N[C@H]1C(=O)N(c2ccc(OC)cc2)[C@H]1c1ccco1. The highest BCUT2D eigenvalue weighted by Crippen LogP contribution is 2.40. The monoisotopic (exact) mass is 356 g/mol. The molecule has 1 aromatic carbocycles. The number of carbonyl (C=O) groups excluding carboxylic acids is 2. The number of methoxy groups -OCH3 is 2. The lowest BCUT2D eigenvalue weighted by molar-refractivity contribution is -0.135. The average molecular weight is 356 g/mol. The van der Waals surface area contributed by atoms with Crippen LogP contribution in [0.4, 0.5) is 5.69 Å². The molecule has 0 spiro atoms. The van der Waals surface area contributed by atoms with E-state index in [0.717, 1.165) is 5.69 Å². The first-order valence-electron chi connectivity index (χ1n) is 8.08. The molecule has 2 atom stereocenters. The molecule has 3 rings (SSSR count). The molecule has 1 fully saturated rings. The number of amides is 1. The van der Waals surface area contributed by atoms with Gasteiger partial charge in [-0.25, -0.2) is 4.79 Å². The van der Waals surface area contributed by atoms with Crippen LogP contribution in [0.5, 0.6) is 5.75 Å².